The van der Waals surface area contributed by atoms with Crippen LogP contribution in [-0.4, -0.2) is 43.0 Å². The highest BCUT2D eigenvalue weighted by atomic mass is 32.1. The van der Waals surface area contributed by atoms with Gasteiger partial charge in [0.2, 0.25) is 0 Å². The zero-order valence-electron chi connectivity index (χ0n) is 14.7. The van der Waals surface area contributed by atoms with Crippen LogP contribution in [0.25, 0.3) is 0 Å². The molecule has 1 aromatic carbocycles. The number of ether oxygens (including phenoxy) is 3. The third-order valence-electron chi connectivity index (χ3n) is 3.12. The van der Waals surface area contributed by atoms with E-state index < -0.39 is 18.2 Å². The van der Waals surface area contributed by atoms with Crippen LogP contribution in [0.5, 0.6) is 11.5 Å². The predicted octanol–water partition coefficient (Wildman–Crippen LogP) is 2.96. The molecular formula is C17H17F3N2O5S. The molecule has 0 bridgehead atoms. The molecule has 0 aliphatic heterocycles. The number of carbonyl (C=O) groups excluding carboxylic acids is 2. The average Bonchev–Trinajstić information content (AvgIpc) is 3.09. The minimum Gasteiger partial charge on any atom is -0.484 e. The van der Waals surface area contributed by atoms with Crippen molar-refractivity contribution >= 4 is 23.2 Å². The van der Waals surface area contributed by atoms with E-state index in [1.165, 1.54) is 23.5 Å². The van der Waals surface area contributed by atoms with Gasteiger partial charge < -0.3 is 19.5 Å². The van der Waals surface area contributed by atoms with Crippen molar-refractivity contribution < 1.29 is 37.0 Å². The lowest BCUT2D eigenvalue weighted by Crippen LogP contribution is -2.30. The summed E-state index contributed by atoms with van der Waals surface area (Å²) < 4.78 is 50.0. The predicted molar refractivity (Wildman–Crippen MR) is 93.4 cm³/mol. The summed E-state index contributed by atoms with van der Waals surface area (Å²) >= 11 is 1.28. The molecule has 1 heterocycles. The molecule has 1 aromatic heterocycles. The Morgan fingerprint density at radius 3 is 2.50 bits per heavy atom. The maximum absolute atomic E-state index is 12.1. The molecule has 0 saturated heterocycles. The van der Waals surface area contributed by atoms with E-state index in [1.807, 2.05) is 0 Å². The number of nitrogens with zero attached hydrogens (tertiary/aromatic N) is 1. The van der Waals surface area contributed by atoms with Crippen molar-refractivity contribution in [3.05, 3.63) is 40.3 Å². The molecule has 2 aromatic rings. The number of alkyl halides is 3. The Morgan fingerprint density at radius 2 is 1.86 bits per heavy atom. The van der Waals surface area contributed by atoms with Gasteiger partial charge in [0.1, 0.15) is 11.5 Å². The van der Waals surface area contributed by atoms with Gasteiger partial charge in [-0.25, -0.2) is 9.78 Å². The number of rotatable bonds is 9. The van der Waals surface area contributed by atoms with Crippen LogP contribution in [0.15, 0.2) is 29.6 Å². The summed E-state index contributed by atoms with van der Waals surface area (Å²) in [5, 5.41) is 4.88. The summed E-state index contributed by atoms with van der Waals surface area (Å²) in [4.78, 5) is 27.4. The van der Waals surface area contributed by atoms with E-state index in [-0.39, 0.29) is 37.0 Å². The fourth-order valence-electron chi connectivity index (χ4n) is 1.97. The van der Waals surface area contributed by atoms with Gasteiger partial charge in [-0.05, 0) is 31.2 Å². The lowest BCUT2D eigenvalue weighted by molar-refractivity contribution is -0.274. The van der Waals surface area contributed by atoms with Crippen molar-refractivity contribution in [1.82, 2.24) is 10.3 Å². The monoisotopic (exact) mass is 418 g/mol. The van der Waals surface area contributed by atoms with Gasteiger partial charge in [-0.15, -0.1) is 24.5 Å². The molecule has 152 valence electrons. The summed E-state index contributed by atoms with van der Waals surface area (Å²) in [6.07, 6.45) is -4.34. The van der Waals surface area contributed by atoms with Gasteiger partial charge in [0.15, 0.2) is 12.3 Å². The van der Waals surface area contributed by atoms with E-state index in [9.17, 15) is 22.8 Å². The van der Waals surface area contributed by atoms with Crippen LogP contribution in [-0.2, 0) is 16.0 Å². The van der Waals surface area contributed by atoms with Crippen LogP contribution in [0.1, 0.15) is 22.4 Å². The Hall–Kier alpha value is -2.82. The fourth-order valence-corrected chi connectivity index (χ4v) is 2.74. The lowest BCUT2D eigenvalue weighted by atomic mass is 10.3. The van der Waals surface area contributed by atoms with E-state index >= 15 is 0 Å². The first-order valence-corrected chi connectivity index (χ1v) is 9.01. The fraction of sp³-hybridized carbons (Fsp3) is 0.353. The van der Waals surface area contributed by atoms with Crippen LogP contribution in [0.3, 0.4) is 0 Å². The van der Waals surface area contributed by atoms with Crippen LogP contribution < -0.4 is 14.8 Å². The molecule has 0 radical (unpaired) electrons. The number of aromatic nitrogens is 1. The van der Waals surface area contributed by atoms with Crippen molar-refractivity contribution in [3.63, 3.8) is 0 Å². The summed E-state index contributed by atoms with van der Waals surface area (Å²) in [5.41, 5.74) is 0.231. The third kappa shape index (κ3) is 7.43. The van der Waals surface area contributed by atoms with Crippen LogP contribution in [0.2, 0.25) is 0 Å². The van der Waals surface area contributed by atoms with Crippen molar-refractivity contribution in [2.75, 3.05) is 19.8 Å². The van der Waals surface area contributed by atoms with E-state index in [4.69, 9.17) is 9.47 Å². The zero-order chi connectivity index (χ0) is 20.6. The quantitative estimate of drug-likeness (QED) is 0.630. The Kier molecular flexibility index (Phi) is 7.61. The molecule has 2 rings (SSSR count). The molecule has 11 heteroatoms. The maximum Gasteiger partial charge on any atom is 0.573 e. The Bertz CT molecular complexity index is 793. The number of carbonyl (C=O) groups is 2. The second-order valence-corrected chi connectivity index (χ2v) is 6.20. The average molecular weight is 418 g/mol. The molecule has 0 spiro atoms. The van der Waals surface area contributed by atoms with Gasteiger partial charge in [0.25, 0.3) is 5.91 Å². The third-order valence-corrected chi connectivity index (χ3v) is 4.03. The molecule has 0 saturated carbocycles. The number of benzene rings is 1. The first kappa shape index (κ1) is 21.5. The number of thiazole rings is 1. The molecule has 0 unspecified atom stereocenters. The first-order valence-electron chi connectivity index (χ1n) is 8.13. The molecule has 0 aliphatic rings. The Morgan fingerprint density at radius 1 is 1.18 bits per heavy atom. The Balaban J connectivity index is 1.69. The molecule has 7 nitrogen and oxygen atoms in total. The van der Waals surface area contributed by atoms with E-state index in [0.29, 0.717) is 11.4 Å². The lowest BCUT2D eigenvalue weighted by Gasteiger charge is -2.10. The maximum atomic E-state index is 12.1. The van der Waals surface area contributed by atoms with E-state index in [2.05, 4.69) is 15.0 Å². The normalized spacial score (nSPS) is 11.0. The number of hydrogen-bond acceptors (Lipinski definition) is 7. The van der Waals surface area contributed by atoms with Crippen molar-refractivity contribution in [3.8, 4) is 11.5 Å². The summed E-state index contributed by atoms with van der Waals surface area (Å²) in [5.74, 6) is -1.05. The highest BCUT2D eigenvalue weighted by molar-refractivity contribution is 7.09. The van der Waals surface area contributed by atoms with Crippen molar-refractivity contribution in [1.29, 1.82) is 0 Å². The molecule has 0 atom stereocenters. The molecule has 28 heavy (non-hydrogen) atoms. The number of amides is 1. The van der Waals surface area contributed by atoms with E-state index in [0.717, 1.165) is 12.1 Å². The largest absolute Gasteiger partial charge is 0.573 e. The topological polar surface area (TPSA) is 86.8 Å². The molecule has 0 aliphatic carbocycles. The molecule has 1 N–H and O–H groups in total. The molecule has 0 fully saturated rings. The minimum absolute atomic E-state index is 0.226. The summed E-state index contributed by atoms with van der Waals surface area (Å²) in [6, 6.07) is 4.70. The van der Waals surface area contributed by atoms with Gasteiger partial charge in [-0.3, -0.25) is 4.79 Å². The van der Waals surface area contributed by atoms with Gasteiger partial charge in [-0.2, -0.15) is 0 Å². The number of halogens is 3. The van der Waals surface area contributed by atoms with Gasteiger partial charge in [0, 0.05) is 18.3 Å². The highest BCUT2D eigenvalue weighted by Crippen LogP contribution is 2.24. The smallest absolute Gasteiger partial charge is 0.484 e. The molecule has 1 amide bonds. The first-order chi connectivity index (χ1) is 13.3. The van der Waals surface area contributed by atoms with Crippen LogP contribution >= 0.6 is 11.3 Å². The van der Waals surface area contributed by atoms with Gasteiger partial charge in [0.05, 0.1) is 11.6 Å². The summed E-state index contributed by atoms with van der Waals surface area (Å²) in [6.45, 7) is 1.95. The standard InChI is InChI=1S/C17H17F3N2O5S/c1-2-25-16(24)13-10-28-15(22-13)7-8-21-14(23)9-26-11-3-5-12(6-4-11)27-17(18,19)20/h3-6,10H,2,7-9H2,1H3,(H,21,23). The number of esters is 1. The van der Waals surface area contributed by atoms with Crippen molar-refractivity contribution in [2.45, 2.75) is 19.7 Å². The second-order valence-electron chi connectivity index (χ2n) is 5.25. The molecular weight excluding hydrogens is 401 g/mol. The summed E-state index contributed by atoms with van der Waals surface area (Å²) in [7, 11) is 0. The second kappa shape index (κ2) is 9.93. The zero-order valence-corrected chi connectivity index (χ0v) is 15.6. The number of hydrogen-bond donors (Lipinski definition) is 1. The SMILES string of the molecule is CCOC(=O)c1csc(CCNC(=O)COc2ccc(OC(F)(F)F)cc2)n1. The van der Waals surface area contributed by atoms with Crippen LogP contribution in [0.4, 0.5) is 13.2 Å². The number of nitrogens with one attached hydrogen (secondary N) is 1. The van der Waals surface area contributed by atoms with E-state index in [1.54, 1.807) is 12.3 Å². The Labute approximate surface area is 162 Å². The van der Waals surface area contributed by atoms with Gasteiger partial charge in [-0.1, -0.05) is 0 Å². The minimum atomic E-state index is -4.77. The van der Waals surface area contributed by atoms with Crippen LogP contribution in [0, 0.1) is 0 Å². The van der Waals surface area contributed by atoms with Gasteiger partial charge >= 0.3 is 12.3 Å². The highest BCUT2D eigenvalue weighted by Gasteiger charge is 2.30. The van der Waals surface area contributed by atoms with Crippen molar-refractivity contribution in [2.24, 2.45) is 0 Å².